The lowest BCUT2D eigenvalue weighted by Crippen LogP contribution is -2.31. The fourth-order valence-electron chi connectivity index (χ4n) is 5.57. The molecule has 5 aromatic rings. The van der Waals surface area contributed by atoms with Gasteiger partial charge in [0.05, 0.1) is 28.0 Å². The lowest BCUT2D eigenvalue weighted by Gasteiger charge is -2.22. The molecule has 1 saturated heterocycles. The predicted octanol–water partition coefficient (Wildman–Crippen LogP) is 6.16. The highest BCUT2D eigenvalue weighted by Gasteiger charge is 2.26. The number of nitrogens with two attached hydrogens (primary N) is 1. The number of hydrogen-bond acceptors (Lipinski definition) is 8. The van der Waals surface area contributed by atoms with Crippen LogP contribution in [-0.2, 0) is 14.8 Å². The third kappa shape index (κ3) is 5.80. The Balaban J connectivity index is 1.46. The van der Waals surface area contributed by atoms with Crippen LogP contribution >= 0.6 is 0 Å². The van der Waals surface area contributed by atoms with Crippen LogP contribution in [-0.4, -0.2) is 39.1 Å². The number of amides is 1. The maximum Gasteiger partial charge on any atom is 0.265 e. The fraction of sp³-hybridized carbons (Fsp3) is 0.273. The normalized spacial score (nSPS) is 14.3. The van der Waals surface area contributed by atoms with Crippen molar-refractivity contribution in [3.63, 3.8) is 0 Å². The molecule has 1 aliphatic rings. The lowest BCUT2D eigenvalue weighted by atomic mass is 9.97. The molecule has 1 fully saturated rings. The number of furan rings is 1. The molecule has 3 N–H and O–H groups in total. The fourth-order valence-corrected chi connectivity index (χ4v) is 6.59. The number of sulfonamides is 1. The maximum absolute atomic E-state index is 13.9. The molecule has 10 heteroatoms. The molecule has 3 aromatic carbocycles. The van der Waals surface area contributed by atoms with Gasteiger partial charge in [0.25, 0.3) is 15.9 Å². The molecule has 6 rings (SSSR count). The standard InChI is InChI=1S/C33H33N3O6S/c1-20-10-11-29(41-17-14-22-12-15-40-16-13-22)30-26(33(37)36-43(38,39)24-7-5-6-23(34)18-24)19-27(35-31(20)30)32-21(2)25-8-3-4-9-28(25)42-32/h3-11,18-19,22H,12-17,34H2,1-2H3,(H,36,37). The molecule has 43 heavy (non-hydrogen) atoms. The van der Waals surface area contributed by atoms with Gasteiger partial charge >= 0.3 is 0 Å². The van der Waals surface area contributed by atoms with Crippen molar-refractivity contribution in [1.29, 1.82) is 0 Å². The maximum atomic E-state index is 13.9. The molecule has 1 aliphatic heterocycles. The third-order valence-electron chi connectivity index (χ3n) is 7.97. The number of aromatic nitrogens is 1. The molecule has 9 nitrogen and oxygen atoms in total. The quantitative estimate of drug-likeness (QED) is 0.203. The summed E-state index contributed by atoms with van der Waals surface area (Å²) in [6.07, 6.45) is 2.80. The topological polar surface area (TPSA) is 134 Å². The Morgan fingerprint density at radius 1 is 1.05 bits per heavy atom. The van der Waals surface area contributed by atoms with Crippen molar-refractivity contribution in [1.82, 2.24) is 9.71 Å². The number of para-hydroxylation sites is 1. The number of ether oxygens (including phenoxy) is 2. The molecule has 0 unspecified atom stereocenters. The van der Waals surface area contributed by atoms with Gasteiger partial charge in [0, 0.05) is 29.9 Å². The second kappa shape index (κ2) is 11.7. The van der Waals surface area contributed by atoms with Crippen LogP contribution in [0, 0.1) is 19.8 Å². The van der Waals surface area contributed by atoms with Gasteiger partial charge in [0.2, 0.25) is 0 Å². The van der Waals surface area contributed by atoms with Crippen molar-refractivity contribution in [3.05, 3.63) is 83.4 Å². The van der Waals surface area contributed by atoms with Gasteiger partial charge in [0.15, 0.2) is 5.76 Å². The highest BCUT2D eigenvalue weighted by molar-refractivity contribution is 7.90. The largest absolute Gasteiger partial charge is 0.493 e. The minimum absolute atomic E-state index is 0.108. The second-order valence-corrected chi connectivity index (χ2v) is 12.6. The Morgan fingerprint density at radius 3 is 2.60 bits per heavy atom. The molecule has 0 radical (unpaired) electrons. The molecule has 0 saturated carbocycles. The number of aryl methyl sites for hydroxylation is 2. The van der Waals surface area contributed by atoms with E-state index >= 15 is 0 Å². The monoisotopic (exact) mass is 599 g/mol. The minimum Gasteiger partial charge on any atom is -0.493 e. The Labute approximate surface area is 250 Å². The van der Waals surface area contributed by atoms with Crippen LogP contribution in [0.2, 0.25) is 0 Å². The highest BCUT2D eigenvalue weighted by atomic mass is 32.2. The SMILES string of the molecule is Cc1c(-c2cc(C(=O)NS(=O)(=O)c3cccc(N)c3)c3c(OCCC4CCOCC4)ccc(C)c3n2)oc2ccccc12. The number of benzene rings is 3. The predicted molar refractivity (Wildman–Crippen MR) is 166 cm³/mol. The Kier molecular flexibility index (Phi) is 7.81. The summed E-state index contributed by atoms with van der Waals surface area (Å²) in [6.45, 7) is 5.76. The Morgan fingerprint density at radius 2 is 1.84 bits per heavy atom. The number of hydrogen-bond donors (Lipinski definition) is 2. The number of fused-ring (bicyclic) bond motifs is 2. The van der Waals surface area contributed by atoms with Crippen molar-refractivity contribution in [2.24, 2.45) is 5.92 Å². The van der Waals surface area contributed by atoms with Crippen molar-refractivity contribution in [2.45, 2.75) is 38.0 Å². The minimum atomic E-state index is -4.24. The van der Waals surface area contributed by atoms with Crippen molar-refractivity contribution < 1.29 is 27.1 Å². The first-order valence-electron chi connectivity index (χ1n) is 14.3. The van der Waals surface area contributed by atoms with E-state index < -0.39 is 15.9 Å². The summed E-state index contributed by atoms with van der Waals surface area (Å²) < 4.78 is 46.7. The summed E-state index contributed by atoms with van der Waals surface area (Å²) in [5, 5.41) is 1.36. The molecule has 2 aromatic heterocycles. The zero-order valence-electron chi connectivity index (χ0n) is 24.1. The number of rotatable bonds is 8. The van der Waals surface area contributed by atoms with Crippen LogP contribution in [0.4, 0.5) is 5.69 Å². The molecule has 1 amide bonds. The van der Waals surface area contributed by atoms with E-state index in [0.717, 1.165) is 49.0 Å². The lowest BCUT2D eigenvalue weighted by molar-refractivity contribution is 0.0594. The number of anilines is 1. The number of nitrogens with zero attached hydrogens (tertiary/aromatic N) is 1. The van der Waals surface area contributed by atoms with Gasteiger partial charge in [-0.1, -0.05) is 30.3 Å². The molecular formula is C33H33N3O6S. The van der Waals surface area contributed by atoms with Crippen molar-refractivity contribution in [3.8, 4) is 17.2 Å². The number of nitrogen functional groups attached to an aromatic ring is 1. The van der Waals surface area contributed by atoms with Gasteiger partial charge < -0.3 is 19.6 Å². The van der Waals surface area contributed by atoms with Crippen LogP contribution < -0.4 is 15.2 Å². The summed E-state index contributed by atoms with van der Waals surface area (Å²) in [5.74, 6) is 0.641. The van der Waals surface area contributed by atoms with Gasteiger partial charge in [-0.2, -0.15) is 0 Å². The average Bonchev–Trinajstić information content (AvgIpc) is 3.34. The van der Waals surface area contributed by atoms with Gasteiger partial charge in [-0.3, -0.25) is 4.79 Å². The summed E-state index contributed by atoms with van der Waals surface area (Å²) >= 11 is 0. The van der Waals surface area contributed by atoms with Gasteiger partial charge in [0.1, 0.15) is 17.0 Å². The van der Waals surface area contributed by atoms with Crippen LogP contribution in [0.25, 0.3) is 33.3 Å². The van der Waals surface area contributed by atoms with E-state index in [9.17, 15) is 13.2 Å². The van der Waals surface area contributed by atoms with Crippen LogP contribution in [0.15, 0.2) is 76.0 Å². The van der Waals surface area contributed by atoms with Crippen LogP contribution in [0.1, 0.15) is 40.7 Å². The third-order valence-corrected chi connectivity index (χ3v) is 9.29. The van der Waals surface area contributed by atoms with Gasteiger partial charge in [-0.15, -0.1) is 0 Å². The van der Waals surface area contributed by atoms with E-state index in [4.69, 9.17) is 24.6 Å². The molecule has 222 valence electrons. The zero-order valence-corrected chi connectivity index (χ0v) is 24.9. The molecule has 0 bridgehead atoms. The van der Waals surface area contributed by atoms with E-state index in [-0.39, 0.29) is 16.1 Å². The zero-order chi connectivity index (χ0) is 30.1. The molecule has 0 aliphatic carbocycles. The molecule has 0 spiro atoms. The first kappa shape index (κ1) is 28.7. The number of carbonyl (C=O) groups excluding carboxylic acids is 1. The van der Waals surface area contributed by atoms with Crippen molar-refractivity contribution >= 4 is 43.5 Å². The van der Waals surface area contributed by atoms with E-state index in [2.05, 4.69) is 4.72 Å². The summed E-state index contributed by atoms with van der Waals surface area (Å²) in [6, 6.07) is 18.7. The molecule has 3 heterocycles. The first-order valence-corrected chi connectivity index (χ1v) is 15.8. The van der Waals surface area contributed by atoms with E-state index in [1.807, 2.05) is 44.2 Å². The Hall–Kier alpha value is -4.41. The van der Waals surface area contributed by atoms with E-state index in [1.165, 1.54) is 18.2 Å². The van der Waals surface area contributed by atoms with E-state index in [0.29, 0.717) is 46.2 Å². The number of pyridine rings is 1. The van der Waals surface area contributed by atoms with Gasteiger partial charge in [-0.05, 0) is 81.0 Å². The highest BCUT2D eigenvalue weighted by Crippen LogP contribution is 2.37. The molecular weight excluding hydrogens is 566 g/mol. The average molecular weight is 600 g/mol. The Bertz CT molecular complexity index is 1940. The van der Waals surface area contributed by atoms with Crippen molar-refractivity contribution in [2.75, 3.05) is 25.6 Å². The first-order chi connectivity index (χ1) is 20.7. The van der Waals surface area contributed by atoms with E-state index in [1.54, 1.807) is 18.2 Å². The van der Waals surface area contributed by atoms with Crippen LogP contribution in [0.5, 0.6) is 5.75 Å². The van der Waals surface area contributed by atoms with Crippen LogP contribution in [0.3, 0.4) is 0 Å². The smallest absolute Gasteiger partial charge is 0.265 e. The number of nitrogens with one attached hydrogen (secondary N) is 1. The summed E-state index contributed by atoms with van der Waals surface area (Å²) in [4.78, 5) is 18.7. The van der Waals surface area contributed by atoms with Gasteiger partial charge in [-0.25, -0.2) is 18.1 Å². The molecule has 0 atom stereocenters. The summed E-state index contributed by atoms with van der Waals surface area (Å²) in [7, 11) is -4.24. The number of carbonyl (C=O) groups is 1. The summed E-state index contributed by atoms with van der Waals surface area (Å²) in [5.41, 5.74) is 9.48. The second-order valence-electron chi connectivity index (χ2n) is 10.9.